The highest BCUT2D eigenvalue weighted by Gasteiger charge is 2.24. The van der Waals surface area contributed by atoms with Crippen molar-refractivity contribution in [2.45, 2.75) is 38.5 Å². The normalized spacial score (nSPS) is 14.7. The smallest absolute Gasteiger partial charge is 0.133 e. The highest BCUT2D eigenvalue weighted by molar-refractivity contribution is 7.23. The zero-order valence-electron chi connectivity index (χ0n) is 13.1. The molecule has 0 saturated carbocycles. The molecule has 3 aromatic rings. The molecule has 0 fully saturated rings. The van der Waals surface area contributed by atoms with Crippen molar-refractivity contribution in [3.05, 3.63) is 34.3 Å². The maximum absolute atomic E-state index is 9.64. The van der Waals surface area contributed by atoms with Gasteiger partial charge in [0.2, 0.25) is 0 Å². The van der Waals surface area contributed by atoms with Crippen LogP contribution in [0.4, 0.5) is 5.00 Å². The summed E-state index contributed by atoms with van der Waals surface area (Å²) in [6.07, 6.45) is 6.83. The second kappa shape index (κ2) is 6.52. The van der Waals surface area contributed by atoms with Gasteiger partial charge in [-0.3, -0.25) is 10.7 Å². The Hall–Kier alpha value is -1.94. The Balaban J connectivity index is 2.10. The highest BCUT2D eigenvalue weighted by Crippen LogP contribution is 2.44. The van der Waals surface area contributed by atoms with Gasteiger partial charge in [0.1, 0.15) is 15.9 Å². The fraction of sp³-hybridized carbons (Fsp3) is 0.333. The third kappa shape index (κ3) is 2.49. The number of anilines is 1. The number of rotatable bonds is 2. The van der Waals surface area contributed by atoms with E-state index in [0.29, 0.717) is 10.6 Å². The molecule has 1 aliphatic carbocycles. The summed E-state index contributed by atoms with van der Waals surface area (Å²) < 4.78 is 0. The van der Waals surface area contributed by atoms with Crippen molar-refractivity contribution in [2.75, 3.05) is 5.48 Å². The van der Waals surface area contributed by atoms with Crippen LogP contribution in [0.25, 0.3) is 20.7 Å². The number of nitriles is 1. The van der Waals surface area contributed by atoms with E-state index >= 15 is 0 Å². The summed E-state index contributed by atoms with van der Waals surface area (Å²) in [5.41, 5.74) is 6.30. The van der Waals surface area contributed by atoms with E-state index in [1.54, 1.807) is 11.3 Å². The molecular formula is C18H17N3OS2. The molecule has 3 aromatic heterocycles. The van der Waals surface area contributed by atoms with Gasteiger partial charge in [0.25, 0.3) is 0 Å². The zero-order chi connectivity index (χ0) is 16.5. The van der Waals surface area contributed by atoms with Crippen LogP contribution in [0.15, 0.2) is 17.5 Å². The quantitative estimate of drug-likeness (QED) is 0.607. The lowest BCUT2D eigenvalue weighted by Crippen LogP contribution is -2.05. The van der Waals surface area contributed by atoms with Crippen molar-refractivity contribution < 1.29 is 5.21 Å². The third-order valence-electron chi connectivity index (χ3n) is 4.60. The van der Waals surface area contributed by atoms with Crippen molar-refractivity contribution in [3.8, 4) is 16.5 Å². The van der Waals surface area contributed by atoms with Crippen molar-refractivity contribution >= 4 is 37.9 Å². The molecular weight excluding hydrogens is 338 g/mol. The van der Waals surface area contributed by atoms with E-state index < -0.39 is 0 Å². The van der Waals surface area contributed by atoms with Crippen molar-refractivity contribution in [1.29, 1.82) is 5.26 Å². The number of fused-ring (bicyclic) bond motifs is 2. The molecule has 2 N–H and O–H groups in total. The summed E-state index contributed by atoms with van der Waals surface area (Å²) in [5, 5.41) is 22.5. The van der Waals surface area contributed by atoms with Crippen LogP contribution in [-0.4, -0.2) is 10.2 Å². The number of aromatic nitrogens is 1. The van der Waals surface area contributed by atoms with Crippen molar-refractivity contribution in [2.24, 2.45) is 0 Å². The summed E-state index contributed by atoms with van der Waals surface area (Å²) in [6, 6.07) is 6.42. The van der Waals surface area contributed by atoms with Crippen LogP contribution in [0.1, 0.15) is 42.5 Å². The number of nitrogens with one attached hydrogen (secondary N) is 1. The van der Waals surface area contributed by atoms with Crippen LogP contribution in [-0.2, 0) is 12.8 Å². The van der Waals surface area contributed by atoms with E-state index in [-0.39, 0.29) is 0 Å². The van der Waals surface area contributed by atoms with Gasteiger partial charge in [-0.1, -0.05) is 30.2 Å². The molecule has 0 spiro atoms. The number of aryl methyl sites for hydroxylation is 1. The average molecular weight is 355 g/mol. The van der Waals surface area contributed by atoms with Crippen molar-refractivity contribution in [3.63, 3.8) is 0 Å². The minimum Gasteiger partial charge on any atom is -0.290 e. The van der Waals surface area contributed by atoms with Crippen LogP contribution in [0.5, 0.6) is 0 Å². The van der Waals surface area contributed by atoms with E-state index in [0.717, 1.165) is 41.5 Å². The van der Waals surface area contributed by atoms with Crippen LogP contribution in [0, 0.1) is 11.3 Å². The standard InChI is InChI=1S/C18H17N3OS2/c19-10-12-16-15(14-8-5-9-23-14)11-6-3-1-2-4-7-13(11)20-18(16)24-17(12)21-22/h5,8-9,21-22H,1-4,6-7H2. The molecule has 0 radical (unpaired) electrons. The SMILES string of the molecule is N#Cc1c(NO)sc2nc3c(c(-c4cccs4)c12)CCCCCC3. The maximum Gasteiger partial charge on any atom is 0.133 e. The molecule has 0 unspecified atom stereocenters. The Labute approximate surface area is 148 Å². The molecule has 3 heterocycles. The average Bonchev–Trinajstić information content (AvgIpc) is 3.21. The first kappa shape index (κ1) is 15.6. The predicted octanol–water partition coefficient (Wildman–Crippen LogP) is 5.36. The Bertz CT molecular complexity index is 922. The summed E-state index contributed by atoms with van der Waals surface area (Å²) in [5.74, 6) is 0. The summed E-state index contributed by atoms with van der Waals surface area (Å²) in [4.78, 5) is 6.90. The molecule has 0 atom stereocenters. The van der Waals surface area contributed by atoms with Crippen LogP contribution in [0.2, 0.25) is 0 Å². The molecule has 0 bridgehead atoms. The third-order valence-corrected chi connectivity index (χ3v) is 6.47. The van der Waals surface area contributed by atoms with Gasteiger partial charge in [0.05, 0.1) is 5.56 Å². The fourth-order valence-corrected chi connectivity index (χ4v) is 5.27. The minimum atomic E-state index is 0.482. The summed E-state index contributed by atoms with van der Waals surface area (Å²) in [6.45, 7) is 0. The van der Waals surface area contributed by atoms with Gasteiger partial charge in [0.15, 0.2) is 0 Å². The second-order valence-electron chi connectivity index (χ2n) is 6.01. The molecule has 122 valence electrons. The van der Waals surface area contributed by atoms with E-state index in [9.17, 15) is 10.5 Å². The minimum absolute atomic E-state index is 0.482. The lowest BCUT2D eigenvalue weighted by molar-refractivity contribution is 0.391. The molecule has 4 rings (SSSR count). The van der Waals surface area contributed by atoms with Gasteiger partial charge in [-0.25, -0.2) is 4.98 Å². The van der Waals surface area contributed by atoms with E-state index in [4.69, 9.17) is 4.98 Å². The summed E-state index contributed by atoms with van der Waals surface area (Å²) >= 11 is 3.05. The van der Waals surface area contributed by atoms with Gasteiger partial charge < -0.3 is 0 Å². The molecule has 4 nitrogen and oxygen atoms in total. The first-order valence-corrected chi connectivity index (χ1v) is 9.85. The van der Waals surface area contributed by atoms with E-state index in [1.807, 2.05) is 6.07 Å². The molecule has 1 aliphatic rings. The number of hydrogen-bond acceptors (Lipinski definition) is 6. The molecule has 0 saturated heterocycles. The predicted molar refractivity (Wildman–Crippen MR) is 98.9 cm³/mol. The fourth-order valence-electron chi connectivity index (χ4n) is 3.52. The van der Waals surface area contributed by atoms with Crippen molar-refractivity contribution in [1.82, 2.24) is 4.98 Å². The largest absolute Gasteiger partial charge is 0.290 e. The monoisotopic (exact) mass is 355 g/mol. The van der Waals surface area contributed by atoms with E-state index in [2.05, 4.69) is 23.0 Å². The Morgan fingerprint density at radius 1 is 1.21 bits per heavy atom. The number of nitrogens with zero attached hydrogens (tertiary/aromatic N) is 2. The molecule has 6 heteroatoms. The first-order valence-electron chi connectivity index (χ1n) is 8.15. The van der Waals surface area contributed by atoms with Gasteiger partial charge in [-0.2, -0.15) is 5.26 Å². The van der Waals surface area contributed by atoms with Gasteiger partial charge >= 0.3 is 0 Å². The number of hydrogen-bond donors (Lipinski definition) is 2. The van der Waals surface area contributed by atoms with Crippen LogP contribution >= 0.6 is 22.7 Å². The molecule has 0 aromatic carbocycles. The second-order valence-corrected chi connectivity index (χ2v) is 7.96. The maximum atomic E-state index is 9.64. The lowest BCUT2D eigenvalue weighted by Gasteiger charge is -2.17. The number of pyridine rings is 1. The summed E-state index contributed by atoms with van der Waals surface area (Å²) in [7, 11) is 0. The topological polar surface area (TPSA) is 68.9 Å². The van der Waals surface area contributed by atoms with Gasteiger partial charge in [-0.15, -0.1) is 11.3 Å². The van der Waals surface area contributed by atoms with E-state index in [1.165, 1.54) is 40.3 Å². The molecule has 0 aliphatic heterocycles. The Morgan fingerprint density at radius 3 is 2.75 bits per heavy atom. The van der Waals surface area contributed by atoms with Crippen LogP contribution < -0.4 is 5.48 Å². The Kier molecular flexibility index (Phi) is 4.23. The first-order chi connectivity index (χ1) is 11.8. The molecule has 24 heavy (non-hydrogen) atoms. The molecule has 0 amide bonds. The highest BCUT2D eigenvalue weighted by atomic mass is 32.1. The van der Waals surface area contributed by atoms with Crippen LogP contribution in [0.3, 0.4) is 0 Å². The van der Waals surface area contributed by atoms with Gasteiger partial charge in [0, 0.05) is 21.5 Å². The number of thiophene rings is 2. The Morgan fingerprint density at radius 2 is 2.04 bits per heavy atom. The van der Waals surface area contributed by atoms with Gasteiger partial charge in [-0.05, 0) is 42.7 Å². The lowest BCUT2D eigenvalue weighted by atomic mass is 9.91. The zero-order valence-corrected chi connectivity index (χ0v) is 14.8.